The largest absolute Gasteiger partial charge is 0.444 e. The Morgan fingerprint density at radius 3 is 2.61 bits per heavy atom. The Hall–Kier alpha value is -3.05. The van der Waals surface area contributed by atoms with Crippen molar-refractivity contribution in [3.8, 4) is 11.5 Å². The van der Waals surface area contributed by atoms with Gasteiger partial charge >= 0.3 is 6.09 Å². The molecule has 5 rings (SSSR count). The number of fused-ring (bicyclic) bond motifs is 1. The van der Waals surface area contributed by atoms with Crippen LogP contribution in [0.15, 0.2) is 16.7 Å². The topological polar surface area (TPSA) is 137 Å². The fourth-order valence-electron chi connectivity index (χ4n) is 5.18. The highest BCUT2D eigenvalue weighted by molar-refractivity contribution is 7.17. The number of hydrogen-bond acceptors (Lipinski definition) is 10. The van der Waals surface area contributed by atoms with Crippen molar-refractivity contribution >= 4 is 45.4 Å². The van der Waals surface area contributed by atoms with Gasteiger partial charge in [-0.05, 0) is 58.6 Å². The van der Waals surface area contributed by atoms with Crippen LogP contribution in [0.5, 0.6) is 0 Å². The number of piperazine rings is 1. The van der Waals surface area contributed by atoms with E-state index >= 15 is 0 Å². The van der Waals surface area contributed by atoms with Gasteiger partial charge in [-0.25, -0.2) is 9.78 Å². The molecule has 4 N–H and O–H groups in total. The summed E-state index contributed by atoms with van der Waals surface area (Å²) in [6.45, 7) is 12.2. The monoisotopic (exact) mass is 559 g/mol. The highest BCUT2D eigenvalue weighted by Crippen LogP contribution is 2.53. The molecule has 0 aromatic carbocycles. The summed E-state index contributed by atoms with van der Waals surface area (Å²) in [4.78, 5) is 26.7. The third kappa shape index (κ3) is 4.89. The van der Waals surface area contributed by atoms with Gasteiger partial charge in [-0.1, -0.05) is 23.7 Å². The summed E-state index contributed by atoms with van der Waals surface area (Å²) in [5, 5.41) is 5.22. The van der Waals surface area contributed by atoms with E-state index in [4.69, 9.17) is 37.3 Å². The molecule has 3 aromatic heterocycles. The molecule has 1 amide bonds. The van der Waals surface area contributed by atoms with Gasteiger partial charge < -0.3 is 30.5 Å². The highest BCUT2D eigenvalue weighted by Gasteiger charge is 2.44. The molecule has 0 spiro atoms. The number of amides is 1. The molecule has 2 atom stereocenters. The van der Waals surface area contributed by atoms with Gasteiger partial charge in [0.1, 0.15) is 21.4 Å². The van der Waals surface area contributed by atoms with Crippen LogP contribution in [0, 0.1) is 0 Å². The first kappa shape index (κ1) is 26.6. The second-order valence-corrected chi connectivity index (χ2v) is 12.8. The molecular weight excluding hydrogens is 526 g/mol. The maximum Gasteiger partial charge on any atom is 0.410 e. The number of pyridine rings is 1. The first-order valence-electron chi connectivity index (χ1n) is 12.8. The number of thiophene rings is 1. The van der Waals surface area contributed by atoms with Crippen LogP contribution in [-0.4, -0.2) is 57.9 Å². The van der Waals surface area contributed by atoms with E-state index < -0.39 is 11.0 Å². The number of carbonyl (C=O) groups excluding carboxylic acids is 1. The van der Waals surface area contributed by atoms with Gasteiger partial charge in [0.15, 0.2) is 0 Å². The van der Waals surface area contributed by atoms with E-state index in [1.807, 2.05) is 26.8 Å². The number of halogens is 1. The van der Waals surface area contributed by atoms with Crippen molar-refractivity contribution in [1.29, 1.82) is 0 Å². The third-order valence-corrected chi connectivity index (χ3v) is 8.74. The number of ether oxygens (including phenoxy) is 1. The summed E-state index contributed by atoms with van der Waals surface area (Å²) in [6.07, 6.45) is 1.49. The van der Waals surface area contributed by atoms with Crippen LogP contribution >= 0.6 is 22.9 Å². The van der Waals surface area contributed by atoms with E-state index in [1.165, 1.54) is 4.88 Å². The van der Waals surface area contributed by atoms with E-state index in [0.29, 0.717) is 65.3 Å². The van der Waals surface area contributed by atoms with Crippen LogP contribution in [0.25, 0.3) is 11.5 Å². The minimum Gasteiger partial charge on any atom is -0.444 e. The molecule has 0 radical (unpaired) electrons. The Kier molecular flexibility index (Phi) is 6.71. The fraction of sp³-hybridized carbons (Fsp3) is 0.538. The van der Waals surface area contributed by atoms with Gasteiger partial charge in [0.2, 0.25) is 11.7 Å². The number of hydrogen-bond donors (Lipinski definition) is 2. The van der Waals surface area contributed by atoms with Crippen LogP contribution < -0.4 is 16.4 Å². The van der Waals surface area contributed by atoms with E-state index in [0.717, 1.165) is 24.1 Å². The van der Waals surface area contributed by atoms with Crippen molar-refractivity contribution in [2.75, 3.05) is 42.5 Å². The molecule has 204 valence electrons. The van der Waals surface area contributed by atoms with Crippen molar-refractivity contribution in [2.24, 2.45) is 0 Å². The first-order valence-corrected chi connectivity index (χ1v) is 14.0. The normalized spacial score (nSPS) is 21.9. The predicted molar refractivity (Wildman–Crippen MR) is 150 cm³/mol. The van der Waals surface area contributed by atoms with E-state index in [1.54, 1.807) is 22.3 Å². The fourth-order valence-corrected chi connectivity index (χ4v) is 6.59. The molecule has 2 aliphatic rings. The second-order valence-electron chi connectivity index (χ2n) is 11.3. The van der Waals surface area contributed by atoms with Gasteiger partial charge in [0, 0.05) is 42.3 Å². The Morgan fingerprint density at radius 2 is 1.92 bits per heavy atom. The van der Waals surface area contributed by atoms with Crippen molar-refractivity contribution in [2.45, 2.75) is 64.4 Å². The molecule has 4 heterocycles. The third-order valence-electron chi connectivity index (χ3n) is 7.28. The van der Waals surface area contributed by atoms with Crippen molar-refractivity contribution in [3.63, 3.8) is 0 Å². The summed E-state index contributed by atoms with van der Waals surface area (Å²) >= 11 is 7.97. The molecule has 3 aromatic rings. The van der Waals surface area contributed by atoms with Crippen molar-refractivity contribution < 1.29 is 14.1 Å². The lowest BCUT2D eigenvalue weighted by atomic mass is 9.70. The molecule has 0 saturated carbocycles. The number of rotatable bonds is 3. The summed E-state index contributed by atoms with van der Waals surface area (Å²) in [6, 6.07) is 3.71. The van der Waals surface area contributed by atoms with E-state index in [2.05, 4.69) is 28.9 Å². The lowest BCUT2D eigenvalue weighted by Gasteiger charge is -2.36. The van der Waals surface area contributed by atoms with E-state index in [9.17, 15) is 4.79 Å². The number of nitrogens with two attached hydrogens (primary N) is 2. The van der Waals surface area contributed by atoms with Crippen molar-refractivity contribution in [3.05, 3.63) is 33.6 Å². The average molecular weight is 560 g/mol. The minimum atomic E-state index is -0.537. The molecule has 2 unspecified atom stereocenters. The Labute approximate surface area is 231 Å². The van der Waals surface area contributed by atoms with Crippen LogP contribution in [0.3, 0.4) is 0 Å². The number of aromatic nitrogens is 3. The Bertz CT molecular complexity index is 1360. The SMILES string of the molecule is CC1CCC(C)(c2nc(-c3cc(N4CCN(C(=O)OC(C)(C)C)CC4)cc(Cl)n3)no2)c2c1sc(N)c2N. The van der Waals surface area contributed by atoms with Gasteiger partial charge in [0.05, 0.1) is 11.1 Å². The van der Waals surface area contributed by atoms with Gasteiger partial charge in [-0.2, -0.15) is 4.98 Å². The molecule has 1 saturated heterocycles. The van der Waals surface area contributed by atoms with Crippen LogP contribution in [0.4, 0.5) is 21.2 Å². The highest BCUT2D eigenvalue weighted by atomic mass is 35.5. The molecular formula is C26H34ClN7O3S. The summed E-state index contributed by atoms with van der Waals surface area (Å²) < 4.78 is 11.3. The average Bonchev–Trinajstić information content (AvgIpc) is 3.47. The Balaban J connectivity index is 1.37. The zero-order chi connectivity index (χ0) is 27.4. The predicted octanol–water partition coefficient (Wildman–Crippen LogP) is 5.27. The molecule has 1 aliphatic carbocycles. The summed E-state index contributed by atoms with van der Waals surface area (Å²) in [5.74, 6) is 1.22. The molecule has 10 nitrogen and oxygen atoms in total. The van der Waals surface area contributed by atoms with Gasteiger partial charge in [-0.15, -0.1) is 11.3 Å². The second kappa shape index (κ2) is 9.60. The molecule has 1 fully saturated rings. The smallest absolute Gasteiger partial charge is 0.410 e. The zero-order valence-electron chi connectivity index (χ0n) is 22.4. The number of nitrogens with zero attached hydrogens (tertiary/aromatic N) is 5. The van der Waals surface area contributed by atoms with Crippen LogP contribution in [0.2, 0.25) is 5.15 Å². The Morgan fingerprint density at radius 1 is 1.21 bits per heavy atom. The summed E-state index contributed by atoms with van der Waals surface area (Å²) in [5.41, 5.74) is 14.6. The maximum atomic E-state index is 12.4. The molecule has 0 bridgehead atoms. The zero-order valence-corrected chi connectivity index (χ0v) is 23.9. The van der Waals surface area contributed by atoms with Crippen LogP contribution in [-0.2, 0) is 10.2 Å². The van der Waals surface area contributed by atoms with Gasteiger partial charge in [-0.3, -0.25) is 0 Å². The number of anilines is 3. The van der Waals surface area contributed by atoms with Crippen molar-refractivity contribution in [1.82, 2.24) is 20.0 Å². The molecule has 1 aliphatic heterocycles. The number of nitrogen functional groups attached to an aromatic ring is 2. The quantitative estimate of drug-likeness (QED) is 0.411. The molecule has 12 heteroatoms. The standard InChI is InChI=1S/C26H34ClN7O3S/c1-14-6-7-26(5,18-19(28)21(29)38-20(14)18)23-31-22(32-37-23)16-12-15(13-17(27)30-16)33-8-10-34(11-9-33)24(35)36-25(2,3)4/h12-14H,6-11,28-29H2,1-5H3. The maximum absolute atomic E-state index is 12.4. The summed E-state index contributed by atoms with van der Waals surface area (Å²) in [7, 11) is 0. The molecule has 38 heavy (non-hydrogen) atoms. The van der Waals surface area contributed by atoms with Crippen LogP contribution in [0.1, 0.15) is 69.7 Å². The minimum absolute atomic E-state index is 0.299. The lowest BCUT2D eigenvalue weighted by molar-refractivity contribution is 0.0240. The lowest BCUT2D eigenvalue weighted by Crippen LogP contribution is -2.50. The van der Waals surface area contributed by atoms with E-state index in [-0.39, 0.29) is 6.09 Å². The van der Waals surface area contributed by atoms with Gasteiger partial charge in [0.25, 0.3) is 0 Å². The first-order chi connectivity index (χ1) is 17.9. The number of carbonyl (C=O) groups is 1.